The molecule has 0 aliphatic carbocycles. The highest BCUT2D eigenvalue weighted by atomic mass is 16.4. The third-order valence-corrected chi connectivity index (χ3v) is 2.64. The van der Waals surface area contributed by atoms with Crippen molar-refractivity contribution in [2.45, 2.75) is 13.0 Å². The van der Waals surface area contributed by atoms with Gasteiger partial charge in [-0.05, 0) is 17.7 Å². The molecule has 1 heterocycles. The van der Waals surface area contributed by atoms with Gasteiger partial charge in [-0.3, -0.25) is 9.59 Å². The third kappa shape index (κ3) is 2.50. The van der Waals surface area contributed by atoms with Crippen LogP contribution in [0.3, 0.4) is 0 Å². The minimum atomic E-state index is -0.982. The standard InChI is InChI=1S/C12H11NO4/c14-10-5-11(15)13(7-10)6-8-1-3-9(4-2-8)12(16)17/h1-4H,5-7H2,(H,16,17). The fraction of sp³-hybridized carbons (Fsp3) is 0.250. The Balaban J connectivity index is 2.07. The first-order valence-electron chi connectivity index (χ1n) is 5.18. The van der Waals surface area contributed by atoms with Crippen LogP contribution < -0.4 is 0 Å². The minimum absolute atomic E-state index is 0.0206. The largest absolute Gasteiger partial charge is 0.478 e. The van der Waals surface area contributed by atoms with Gasteiger partial charge in [-0.2, -0.15) is 0 Å². The second-order valence-corrected chi connectivity index (χ2v) is 3.97. The number of hydrogen-bond acceptors (Lipinski definition) is 3. The van der Waals surface area contributed by atoms with E-state index in [1.54, 1.807) is 12.1 Å². The number of rotatable bonds is 3. The Kier molecular flexibility index (Phi) is 2.91. The van der Waals surface area contributed by atoms with Crippen LogP contribution in [-0.2, 0) is 16.1 Å². The fourth-order valence-electron chi connectivity index (χ4n) is 1.75. The van der Waals surface area contributed by atoms with Gasteiger partial charge in [0.1, 0.15) is 0 Å². The quantitative estimate of drug-likeness (QED) is 0.779. The Morgan fingerprint density at radius 2 is 1.88 bits per heavy atom. The van der Waals surface area contributed by atoms with Crippen molar-refractivity contribution in [1.29, 1.82) is 0 Å². The molecule has 0 atom stereocenters. The van der Waals surface area contributed by atoms with Crippen LogP contribution in [0, 0.1) is 0 Å². The second-order valence-electron chi connectivity index (χ2n) is 3.97. The van der Waals surface area contributed by atoms with E-state index in [2.05, 4.69) is 0 Å². The molecule has 1 fully saturated rings. The topological polar surface area (TPSA) is 74.7 Å². The molecule has 17 heavy (non-hydrogen) atoms. The summed E-state index contributed by atoms with van der Waals surface area (Å²) < 4.78 is 0. The Bertz CT molecular complexity index is 478. The number of aromatic carboxylic acids is 1. The summed E-state index contributed by atoms with van der Waals surface area (Å²) in [6.45, 7) is 0.504. The van der Waals surface area contributed by atoms with Gasteiger partial charge in [0.15, 0.2) is 5.78 Å². The van der Waals surface area contributed by atoms with Gasteiger partial charge in [0.25, 0.3) is 0 Å². The van der Waals surface area contributed by atoms with E-state index in [0.717, 1.165) is 5.56 Å². The maximum atomic E-state index is 11.4. The first kappa shape index (κ1) is 11.3. The van der Waals surface area contributed by atoms with Gasteiger partial charge in [0, 0.05) is 6.54 Å². The zero-order valence-electron chi connectivity index (χ0n) is 9.05. The molecule has 1 aromatic rings. The highest BCUT2D eigenvalue weighted by Gasteiger charge is 2.27. The van der Waals surface area contributed by atoms with Crippen LogP contribution in [0.1, 0.15) is 22.3 Å². The average molecular weight is 233 g/mol. The molecular formula is C12H11NO4. The number of nitrogens with zero attached hydrogens (tertiary/aromatic N) is 1. The lowest BCUT2D eigenvalue weighted by Crippen LogP contribution is -2.24. The molecule has 1 saturated heterocycles. The van der Waals surface area contributed by atoms with Crippen molar-refractivity contribution in [3.8, 4) is 0 Å². The molecule has 0 spiro atoms. The molecule has 0 radical (unpaired) electrons. The molecule has 5 heteroatoms. The molecule has 2 rings (SSSR count). The summed E-state index contributed by atoms with van der Waals surface area (Å²) in [4.78, 5) is 34.5. The summed E-state index contributed by atoms with van der Waals surface area (Å²) in [5, 5.41) is 8.73. The van der Waals surface area contributed by atoms with E-state index >= 15 is 0 Å². The fourth-order valence-corrected chi connectivity index (χ4v) is 1.75. The lowest BCUT2D eigenvalue weighted by atomic mass is 10.1. The lowest BCUT2D eigenvalue weighted by molar-refractivity contribution is -0.128. The Morgan fingerprint density at radius 3 is 2.35 bits per heavy atom. The number of Topliss-reactive ketones (excluding diaryl/α,β-unsaturated/α-hetero) is 1. The predicted octanol–water partition coefficient (Wildman–Crippen LogP) is 0.686. The van der Waals surface area contributed by atoms with Crippen LogP contribution in [0.4, 0.5) is 0 Å². The minimum Gasteiger partial charge on any atom is -0.478 e. The maximum Gasteiger partial charge on any atom is 0.335 e. The molecule has 0 saturated carbocycles. The number of carbonyl (C=O) groups is 3. The highest BCUT2D eigenvalue weighted by Crippen LogP contribution is 2.13. The summed E-state index contributed by atoms with van der Waals surface area (Å²) in [5.74, 6) is -1.22. The van der Waals surface area contributed by atoms with Crippen LogP contribution in [0.15, 0.2) is 24.3 Å². The molecule has 1 aliphatic heterocycles. The molecule has 0 aromatic heterocycles. The highest BCUT2D eigenvalue weighted by molar-refractivity contribution is 6.05. The Hall–Kier alpha value is -2.17. The summed E-state index contributed by atoms with van der Waals surface area (Å²) in [7, 11) is 0. The first-order chi connectivity index (χ1) is 8.06. The van der Waals surface area contributed by atoms with Crippen LogP contribution in [0.25, 0.3) is 0 Å². The SMILES string of the molecule is O=C1CC(=O)N(Cc2ccc(C(=O)O)cc2)C1. The van der Waals surface area contributed by atoms with Crippen molar-refractivity contribution in [2.24, 2.45) is 0 Å². The van der Waals surface area contributed by atoms with E-state index in [4.69, 9.17) is 5.11 Å². The molecule has 5 nitrogen and oxygen atoms in total. The number of carboxylic acid groups (broad SMARTS) is 1. The van der Waals surface area contributed by atoms with Gasteiger partial charge < -0.3 is 10.0 Å². The van der Waals surface area contributed by atoms with E-state index < -0.39 is 5.97 Å². The summed E-state index contributed by atoms with van der Waals surface area (Å²) >= 11 is 0. The van der Waals surface area contributed by atoms with E-state index in [0.29, 0.717) is 6.54 Å². The van der Waals surface area contributed by atoms with Crippen LogP contribution >= 0.6 is 0 Å². The van der Waals surface area contributed by atoms with Gasteiger partial charge >= 0.3 is 5.97 Å². The molecule has 1 amide bonds. The monoisotopic (exact) mass is 233 g/mol. The maximum absolute atomic E-state index is 11.4. The molecule has 0 bridgehead atoms. The van der Waals surface area contributed by atoms with Gasteiger partial charge in [0.2, 0.25) is 5.91 Å². The van der Waals surface area contributed by atoms with Crippen molar-refractivity contribution in [1.82, 2.24) is 4.90 Å². The van der Waals surface area contributed by atoms with Gasteiger partial charge in [-0.25, -0.2) is 4.79 Å². The van der Waals surface area contributed by atoms with Crippen molar-refractivity contribution in [2.75, 3.05) is 6.54 Å². The third-order valence-electron chi connectivity index (χ3n) is 2.64. The van der Waals surface area contributed by atoms with Crippen LogP contribution in [0.5, 0.6) is 0 Å². The smallest absolute Gasteiger partial charge is 0.335 e. The molecular weight excluding hydrogens is 222 g/mol. The first-order valence-corrected chi connectivity index (χ1v) is 5.18. The van der Waals surface area contributed by atoms with E-state index in [9.17, 15) is 14.4 Å². The molecule has 0 unspecified atom stereocenters. The Labute approximate surface area is 97.7 Å². The van der Waals surface area contributed by atoms with Crippen LogP contribution in [-0.4, -0.2) is 34.2 Å². The lowest BCUT2D eigenvalue weighted by Gasteiger charge is -2.14. The van der Waals surface area contributed by atoms with E-state index in [1.165, 1.54) is 17.0 Å². The van der Waals surface area contributed by atoms with Crippen LogP contribution in [0.2, 0.25) is 0 Å². The van der Waals surface area contributed by atoms with E-state index in [-0.39, 0.29) is 30.2 Å². The number of benzene rings is 1. The average Bonchev–Trinajstić information content (AvgIpc) is 2.58. The normalized spacial score (nSPS) is 15.4. The summed E-state index contributed by atoms with van der Waals surface area (Å²) in [6.07, 6.45) is -0.0206. The zero-order chi connectivity index (χ0) is 12.4. The number of carboxylic acids is 1. The predicted molar refractivity (Wildman–Crippen MR) is 58.4 cm³/mol. The van der Waals surface area contributed by atoms with E-state index in [1.807, 2.05) is 0 Å². The van der Waals surface area contributed by atoms with Crippen molar-refractivity contribution in [3.05, 3.63) is 35.4 Å². The van der Waals surface area contributed by atoms with Crippen molar-refractivity contribution >= 4 is 17.7 Å². The summed E-state index contributed by atoms with van der Waals surface area (Å²) in [6, 6.07) is 6.28. The molecule has 88 valence electrons. The van der Waals surface area contributed by atoms with Crippen molar-refractivity contribution in [3.63, 3.8) is 0 Å². The zero-order valence-corrected chi connectivity index (χ0v) is 9.05. The summed E-state index contributed by atoms with van der Waals surface area (Å²) in [5.41, 5.74) is 1.02. The molecule has 1 aliphatic rings. The Morgan fingerprint density at radius 1 is 1.24 bits per heavy atom. The second kappa shape index (κ2) is 4.37. The van der Waals surface area contributed by atoms with Gasteiger partial charge in [-0.1, -0.05) is 12.1 Å². The van der Waals surface area contributed by atoms with Gasteiger partial charge in [-0.15, -0.1) is 0 Å². The molecule has 1 aromatic carbocycles. The number of amides is 1. The molecule has 1 N–H and O–H groups in total. The number of likely N-dealkylation sites (tertiary alicyclic amines) is 1. The number of carbonyl (C=O) groups excluding carboxylic acids is 2. The van der Waals surface area contributed by atoms with Crippen molar-refractivity contribution < 1.29 is 19.5 Å². The number of ketones is 1. The number of hydrogen-bond donors (Lipinski definition) is 1. The van der Waals surface area contributed by atoms with Gasteiger partial charge in [0.05, 0.1) is 18.5 Å².